The fraction of sp³-hybridized carbons (Fsp3) is 0. The molecule has 0 unspecified atom stereocenters. The van der Waals surface area contributed by atoms with E-state index in [-0.39, 0.29) is 58.4 Å². The first-order valence-electron chi connectivity index (χ1n) is 2.00. The normalized spacial score (nSPS) is 9.67. The zero-order chi connectivity index (χ0) is 13.5. The maximum Gasteiger partial charge on any atom is 2.00 e. The Kier molecular flexibility index (Phi) is 30.3. The van der Waals surface area contributed by atoms with Gasteiger partial charge in [-0.15, -0.1) is 0 Å². The molecule has 0 atom stereocenters. The molecule has 0 fully saturated rings. The molecule has 0 aliphatic carbocycles. The molecule has 0 saturated heterocycles. The Labute approximate surface area is 141 Å². The van der Waals surface area contributed by atoms with Crippen LogP contribution in [0.15, 0.2) is 0 Å². The van der Waals surface area contributed by atoms with Crippen LogP contribution in [0.1, 0.15) is 0 Å². The van der Waals surface area contributed by atoms with Gasteiger partial charge in [-0.2, -0.15) is 0 Å². The van der Waals surface area contributed by atoms with Crippen molar-refractivity contribution in [3.05, 3.63) is 0 Å². The Morgan fingerprint density at radius 1 is 0.389 bits per heavy atom. The summed E-state index contributed by atoms with van der Waals surface area (Å²) in [6.45, 7) is 0. The molecule has 0 aromatic rings. The van der Waals surface area contributed by atoms with Gasteiger partial charge in [-0.25, -0.2) is 0 Å². The Bertz CT molecular complexity index is 343. The Hall–Kier alpha value is 1.48. The van der Waals surface area contributed by atoms with Crippen LogP contribution in [0.4, 0.5) is 0 Å². The van der Waals surface area contributed by atoms with Crippen LogP contribution in [-0.4, -0.2) is 52.6 Å². The van der Waals surface area contributed by atoms with Crippen LogP contribution < -0.4 is 0 Å². The summed E-state index contributed by atoms with van der Waals surface area (Å²) in [5, 5.41) is 0. The summed E-state index contributed by atoms with van der Waals surface area (Å²) in [5.74, 6) is 0. The van der Waals surface area contributed by atoms with E-state index in [1.807, 2.05) is 0 Å². The van der Waals surface area contributed by atoms with Crippen LogP contribution >= 0.6 is 0 Å². The van der Waals surface area contributed by atoms with Crippen molar-refractivity contribution in [2.24, 2.45) is 0 Å². The third-order valence-corrected chi connectivity index (χ3v) is 0. The van der Waals surface area contributed by atoms with Crippen molar-refractivity contribution in [3.63, 3.8) is 0 Å². The Morgan fingerprint density at radius 3 is 0.389 bits per heavy atom. The third kappa shape index (κ3) is 2170. The van der Waals surface area contributed by atoms with Crippen molar-refractivity contribution in [1.82, 2.24) is 0 Å². The van der Waals surface area contributed by atoms with E-state index in [2.05, 4.69) is 0 Å². The van der Waals surface area contributed by atoms with Gasteiger partial charge in [-0.1, -0.05) is 0 Å². The summed E-state index contributed by atoms with van der Waals surface area (Å²) < 4.78 is 102. The number of hydrogen-bond acceptors (Lipinski definition) is 12. The molecule has 18 heteroatoms. The smallest absolute Gasteiger partial charge is 0.759 e. The maximum atomic E-state index is 8.52. The quantitative estimate of drug-likeness (QED) is 0.181. The second kappa shape index (κ2) is 14.9. The summed E-state index contributed by atoms with van der Waals surface area (Å²) >= 11 is 0. The van der Waals surface area contributed by atoms with Crippen LogP contribution in [0.5, 0.6) is 0 Å². The summed E-state index contributed by atoms with van der Waals surface area (Å²) in [6.07, 6.45) is 0. The molecule has 0 aromatic heterocycles. The molecule has 18 heavy (non-hydrogen) atoms. The second-order valence-electron chi connectivity index (χ2n) is 1.22. The Morgan fingerprint density at radius 2 is 0.389 bits per heavy atom. The van der Waals surface area contributed by atoms with Gasteiger partial charge in [0.05, 0.1) is 0 Å². The van der Waals surface area contributed by atoms with Crippen molar-refractivity contribution >= 4 is 31.2 Å². The van der Waals surface area contributed by atoms with Crippen LogP contribution in [-0.2, 0) is 89.6 Å². The summed E-state index contributed by atoms with van der Waals surface area (Å²) in [7, 11) is -15.5. The zero-order valence-corrected chi connectivity index (χ0v) is 19.6. The minimum absolute atomic E-state index is 0. The number of rotatable bonds is 0. The molecular weight excluding hydrogens is 484 g/mol. The molecule has 12 nitrogen and oxygen atoms in total. The predicted molar refractivity (Wildman–Crippen MR) is 31.4 cm³/mol. The SMILES string of the molecule is O=S(=O)([O-])[O-].O=S(=O)([O-])[O-].O=S(=O)([O-])[O-].[Zn+2].[Zn+2].[Zn+2]. The fourth-order valence-corrected chi connectivity index (χ4v) is 0. The van der Waals surface area contributed by atoms with Gasteiger partial charge in [0.25, 0.3) is 0 Å². The van der Waals surface area contributed by atoms with Crippen LogP contribution in [0, 0.1) is 0 Å². The van der Waals surface area contributed by atoms with Gasteiger partial charge in [-0.3, -0.25) is 25.3 Å². The van der Waals surface area contributed by atoms with E-state index in [0.29, 0.717) is 0 Å². The van der Waals surface area contributed by atoms with Crippen molar-refractivity contribution in [2.75, 3.05) is 0 Å². The minimum atomic E-state index is -5.17. The van der Waals surface area contributed by atoms with E-state index >= 15 is 0 Å². The topological polar surface area (TPSA) is 241 Å². The minimum Gasteiger partial charge on any atom is -0.759 e. The monoisotopic (exact) mass is 480 g/mol. The van der Waals surface area contributed by atoms with E-state index in [1.54, 1.807) is 0 Å². The van der Waals surface area contributed by atoms with Gasteiger partial charge in [0.15, 0.2) is 0 Å². The van der Waals surface area contributed by atoms with E-state index in [0.717, 1.165) is 0 Å². The molecule has 0 aromatic carbocycles. The standard InChI is InChI=1S/3H2O4S.3Zn/c3*1-5(2,3)4;;;/h3*(H2,1,2,3,4);;;/q;;;3*+2/p-6. The molecule has 0 saturated carbocycles. The Balaban J connectivity index is -0.0000000277. The average Bonchev–Trinajstić information content (AvgIpc) is 1.41. The summed E-state index contributed by atoms with van der Waals surface area (Å²) in [4.78, 5) is 0. The zero-order valence-electron chi connectivity index (χ0n) is 8.25. The molecule has 96 valence electrons. The van der Waals surface area contributed by atoms with Crippen LogP contribution in [0.25, 0.3) is 0 Å². The van der Waals surface area contributed by atoms with Gasteiger partial charge in [0.1, 0.15) is 0 Å². The molecule has 0 radical (unpaired) electrons. The second-order valence-corrected chi connectivity index (χ2v) is 3.67. The van der Waals surface area contributed by atoms with E-state index in [9.17, 15) is 0 Å². The first kappa shape index (κ1) is 36.6. The first-order chi connectivity index (χ1) is 6.00. The molecule has 0 aliphatic rings. The first-order valence-corrected chi connectivity index (χ1v) is 6.00. The van der Waals surface area contributed by atoms with Crippen LogP contribution in [0.2, 0.25) is 0 Å². The van der Waals surface area contributed by atoms with Crippen LogP contribution in [0.3, 0.4) is 0 Å². The largest absolute Gasteiger partial charge is 2.00 e. The molecule has 0 spiro atoms. The van der Waals surface area contributed by atoms with Gasteiger partial charge in [0.2, 0.25) is 0 Å². The molecule has 0 amide bonds. The van der Waals surface area contributed by atoms with Gasteiger partial charge in [-0.05, 0) is 0 Å². The molecule has 0 rings (SSSR count). The molecule has 0 heterocycles. The fourth-order valence-electron chi connectivity index (χ4n) is 0. The maximum absolute atomic E-state index is 8.52. The molecule has 0 bridgehead atoms. The summed E-state index contributed by atoms with van der Waals surface area (Å²) in [6, 6.07) is 0. The van der Waals surface area contributed by atoms with Crippen molar-refractivity contribution in [2.45, 2.75) is 0 Å². The van der Waals surface area contributed by atoms with E-state index in [1.165, 1.54) is 0 Å². The van der Waals surface area contributed by atoms with Gasteiger partial charge >= 0.3 is 58.4 Å². The van der Waals surface area contributed by atoms with Crippen molar-refractivity contribution in [1.29, 1.82) is 0 Å². The van der Waals surface area contributed by atoms with Crippen molar-refractivity contribution in [3.8, 4) is 0 Å². The molecular formula is O12S3Zn3. The van der Waals surface area contributed by atoms with Gasteiger partial charge in [0, 0.05) is 31.2 Å². The van der Waals surface area contributed by atoms with E-state index < -0.39 is 31.2 Å². The van der Waals surface area contributed by atoms with E-state index in [4.69, 9.17) is 52.6 Å². The third-order valence-electron chi connectivity index (χ3n) is 0. The van der Waals surface area contributed by atoms with Crippen molar-refractivity contribution < 1.29 is 111 Å². The summed E-state index contributed by atoms with van der Waals surface area (Å²) in [5.41, 5.74) is 0. The predicted octanol–water partition coefficient (Wildman–Crippen LogP) is -4.02. The average molecular weight is 484 g/mol. The number of hydrogen-bond donors (Lipinski definition) is 0. The van der Waals surface area contributed by atoms with Gasteiger partial charge < -0.3 is 27.3 Å². The molecule has 0 aliphatic heterocycles. The molecule has 0 N–H and O–H groups in total.